The molecule has 3 N–H and O–H groups in total. The molecule has 1 aliphatic heterocycles. The van der Waals surface area contributed by atoms with Crippen LogP contribution in [0.15, 0.2) is 59.6 Å². The summed E-state index contributed by atoms with van der Waals surface area (Å²) < 4.78 is 13.1. The SMILES string of the molecule is Cn1nc(Nc2cccc(-c3ccc4c(c3)OCCO4)c2Cl)c2cc(C=N[C@@H](CO)C(=O)O)ccc21. The predicted molar refractivity (Wildman–Crippen MR) is 138 cm³/mol. The van der Waals surface area contributed by atoms with Crippen molar-refractivity contribution in [2.24, 2.45) is 12.0 Å². The fourth-order valence-corrected chi connectivity index (χ4v) is 4.29. The van der Waals surface area contributed by atoms with Gasteiger partial charge in [0, 0.05) is 24.2 Å². The highest BCUT2D eigenvalue weighted by atomic mass is 35.5. The lowest BCUT2D eigenvalue weighted by Crippen LogP contribution is -2.22. The molecule has 36 heavy (non-hydrogen) atoms. The molecule has 5 rings (SSSR count). The first-order valence-corrected chi connectivity index (χ1v) is 11.6. The Balaban J connectivity index is 1.47. The summed E-state index contributed by atoms with van der Waals surface area (Å²) in [7, 11) is 1.83. The third-order valence-corrected chi connectivity index (χ3v) is 6.25. The largest absolute Gasteiger partial charge is 0.486 e. The lowest BCUT2D eigenvalue weighted by molar-refractivity contribution is -0.139. The van der Waals surface area contributed by atoms with Gasteiger partial charge in [0.25, 0.3) is 0 Å². The first kappa shape index (κ1) is 23.7. The van der Waals surface area contributed by atoms with Crippen LogP contribution in [0.1, 0.15) is 5.56 Å². The second-order valence-corrected chi connectivity index (χ2v) is 8.59. The number of aryl methyl sites for hydroxylation is 1. The van der Waals surface area contributed by atoms with Gasteiger partial charge in [-0.15, -0.1) is 0 Å². The molecule has 4 aromatic rings. The van der Waals surface area contributed by atoms with Crippen LogP contribution >= 0.6 is 11.6 Å². The highest BCUT2D eigenvalue weighted by Gasteiger charge is 2.17. The smallest absolute Gasteiger partial charge is 0.330 e. The van der Waals surface area contributed by atoms with Crippen molar-refractivity contribution in [1.29, 1.82) is 0 Å². The molecule has 184 valence electrons. The molecule has 1 atom stereocenters. The van der Waals surface area contributed by atoms with Crippen molar-refractivity contribution >= 4 is 46.2 Å². The third kappa shape index (κ3) is 4.58. The number of anilines is 2. The number of ether oxygens (including phenoxy) is 2. The van der Waals surface area contributed by atoms with Gasteiger partial charge in [0.15, 0.2) is 23.4 Å². The number of carboxylic acid groups (broad SMARTS) is 1. The van der Waals surface area contributed by atoms with E-state index in [-0.39, 0.29) is 0 Å². The summed E-state index contributed by atoms with van der Waals surface area (Å²) in [6.07, 6.45) is 1.43. The summed E-state index contributed by atoms with van der Waals surface area (Å²) in [6, 6.07) is 15.8. The van der Waals surface area contributed by atoms with Crippen molar-refractivity contribution in [3.05, 3.63) is 65.2 Å². The summed E-state index contributed by atoms with van der Waals surface area (Å²) in [6.45, 7) is 0.452. The standard InChI is InChI=1S/C26H23ClN4O5/c1-31-21-7-5-15(13-28-20(14-32)26(33)34)11-18(21)25(30-31)29-19-4-2-3-17(24(19)27)16-6-8-22-23(12-16)36-10-9-35-22/h2-8,11-13,20,32H,9-10,14H2,1H3,(H,29,30)(H,33,34)/t20-/m0/s1. The number of rotatable bonds is 7. The summed E-state index contributed by atoms with van der Waals surface area (Å²) in [5.74, 6) is 0.791. The molecule has 2 heterocycles. The zero-order chi connectivity index (χ0) is 25.2. The predicted octanol–water partition coefficient (Wildman–Crippen LogP) is 4.27. The lowest BCUT2D eigenvalue weighted by Gasteiger charge is -2.19. The van der Waals surface area contributed by atoms with Crippen LogP contribution in [0.25, 0.3) is 22.0 Å². The average Bonchev–Trinajstić information content (AvgIpc) is 3.19. The van der Waals surface area contributed by atoms with Crippen molar-refractivity contribution in [3.8, 4) is 22.6 Å². The normalized spacial score (nSPS) is 13.8. The summed E-state index contributed by atoms with van der Waals surface area (Å²) >= 11 is 6.83. The first-order chi connectivity index (χ1) is 17.4. The molecule has 0 aliphatic carbocycles. The third-order valence-electron chi connectivity index (χ3n) is 5.84. The van der Waals surface area contributed by atoms with Gasteiger partial charge >= 0.3 is 5.97 Å². The Labute approximate surface area is 211 Å². The van der Waals surface area contributed by atoms with Gasteiger partial charge in [-0.05, 0) is 41.5 Å². The number of carboxylic acids is 1. The second-order valence-electron chi connectivity index (χ2n) is 8.21. The molecule has 0 unspecified atom stereocenters. The van der Waals surface area contributed by atoms with Crippen molar-refractivity contribution in [2.75, 3.05) is 25.1 Å². The van der Waals surface area contributed by atoms with Crippen LogP contribution in [-0.2, 0) is 11.8 Å². The van der Waals surface area contributed by atoms with E-state index in [2.05, 4.69) is 15.4 Å². The van der Waals surface area contributed by atoms with Crippen LogP contribution in [0.4, 0.5) is 11.5 Å². The Bertz CT molecular complexity index is 1480. The minimum absolute atomic E-state index is 0.502. The molecular formula is C26H23ClN4O5. The van der Waals surface area contributed by atoms with Gasteiger partial charge < -0.3 is 25.0 Å². The molecule has 0 bridgehead atoms. The van der Waals surface area contributed by atoms with Crippen molar-refractivity contribution < 1.29 is 24.5 Å². The van der Waals surface area contributed by atoms with Gasteiger partial charge in [-0.3, -0.25) is 9.67 Å². The number of carbonyl (C=O) groups is 1. The molecule has 0 fully saturated rings. The molecule has 0 radical (unpaired) electrons. The van der Waals surface area contributed by atoms with E-state index in [1.54, 1.807) is 4.68 Å². The van der Waals surface area contributed by atoms with Crippen LogP contribution in [-0.4, -0.2) is 58.0 Å². The topological polar surface area (TPSA) is 118 Å². The summed E-state index contributed by atoms with van der Waals surface area (Å²) in [5.41, 5.74) is 3.94. The quantitative estimate of drug-likeness (QED) is 0.320. The van der Waals surface area contributed by atoms with Crippen LogP contribution in [0.5, 0.6) is 11.5 Å². The second kappa shape index (κ2) is 9.88. The van der Waals surface area contributed by atoms with Crippen LogP contribution in [0, 0.1) is 0 Å². The summed E-state index contributed by atoms with van der Waals surface area (Å²) in [4.78, 5) is 15.1. The number of aliphatic carboxylic acids is 1. The van der Waals surface area contributed by atoms with E-state index >= 15 is 0 Å². The van der Waals surface area contributed by atoms with Crippen molar-refractivity contribution in [2.45, 2.75) is 6.04 Å². The molecule has 10 heteroatoms. The van der Waals surface area contributed by atoms with Gasteiger partial charge in [-0.1, -0.05) is 35.9 Å². The van der Waals surface area contributed by atoms with Crippen LogP contribution in [0.3, 0.4) is 0 Å². The Morgan fingerprint density at radius 2 is 2.00 bits per heavy atom. The van der Waals surface area contributed by atoms with E-state index in [1.165, 1.54) is 6.21 Å². The zero-order valence-electron chi connectivity index (χ0n) is 19.3. The van der Waals surface area contributed by atoms with Gasteiger partial charge in [-0.25, -0.2) is 4.79 Å². The minimum atomic E-state index is -1.21. The molecule has 3 aromatic carbocycles. The number of aromatic nitrogens is 2. The van der Waals surface area contributed by atoms with E-state index < -0.39 is 18.6 Å². The van der Waals surface area contributed by atoms with Gasteiger partial charge in [0.05, 0.1) is 22.8 Å². The molecule has 0 amide bonds. The minimum Gasteiger partial charge on any atom is -0.486 e. The Hall–Kier alpha value is -4.08. The maximum absolute atomic E-state index is 11.1. The number of aliphatic hydroxyl groups is 1. The molecular weight excluding hydrogens is 484 g/mol. The number of aliphatic imine (C=N–C) groups is 1. The van der Waals surface area contributed by atoms with E-state index in [0.717, 1.165) is 22.0 Å². The number of fused-ring (bicyclic) bond motifs is 2. The summed E-state index contributed by atoms with van der Waals surface area (Å²) in [5, 5.41) is 27.6. The number of nitrogens with zero attached hydrogens (tertiary/aromatic N) is 3. The van der Waals surface area contributed by atoms with E-state index in [0.29, 0.717) is 46.8 Å². The lowest BCUT2D eigenvalue weighted by atomic mass is 10.0. The fourth-order valence-electron chi connectivity index (χ4n) is 4.01. The molecule has 0 saturated heterocycles. The number of nitrogens with one attached hydrogen (secondary N) is 1. The zero-order valence-corrected chi connectivity index (χ0v) is 20.1. The molecule has 1 aromatic heterocycles. The maximum Gasteiger partial charge on any atom is 0.330 e. The van der Waals surface area contributed by atoms with E-state index in [4.69, 9.17) is 26.2 Å². The van der Waals surface area contributed by atoms with Crippen LogP contribution in [0.2, 0.25) is 5.02 Å². The number of halogens is 1. The average molecular weight is 507 g/mol. The molecule has 0 saturated carbocycles. The first-order valence-electron chi connectivity index (χ1n) is 11.2. The van der Waals surface area contributed by atoms with E-state index in [1.807, 2.05) is 61.6 Å². The van der Waals surface area contributed by atoms with Gasteiger partial charge in [-0.2, -0.15) is 5.10 Å². The molecule has 1 aliphatic rings. The number of hydrogen-bond acceptors (Lipinski definition) is 7. The van der Waals surface area contributed by atoms with Gasteiger partial charge in [0.1, 0.15) is 13.2 Å². The fraction of sp³-hybridized carbons (Fsp3) is 0.192. The van der Waals surface area contributed by atoms with Crippen molar-refractivity contribution in [1.82, 2.24) is 9.78 Å². The monoisotopic (exact) mass is 506 g/mol. The molecule has 9 nitrogen and oxygen atoms in total. The van der Waals surface area contributed by atoms with Crippen molar-refractivity contribution in [3.63, 3.8) is 0 Å². The highest BCUT2D eigenvalue weighted by Crippen LogP contribution is 2.40. The van der Waals surface area contributed by atoms with Crippen LogP contribution < -0.4 is 14.8 Å². The Kier molecular flexibility index (Phi) is 6.49. The number of aliphatic hydroxyl groups excluding tert-OH is 1. The number of benzene rings is 3. The van der Waals surface area contributed by atoms with E-state index in [9.17, 15) is 9.90 Å². The highest BCUT2D eigenvalue weighted by molar-refractivity contribution is 6.36. The Morgan fingerprint density at radius 3 is 2.78 bits per heavy atom. The number of hydrogen-bond donors (Lipinski definition) is 3. The molecule has 0 spiro atoms. The van der Waals surface area contributed by atoms with Gasteiger partial charge in [0.2, 0.25) is 0 Å². The Morgan fingerprint density at radius 1 is 1.19 bits per heavy atom. The maximum atomic E-state index is 11.1.